The van der Waals surface area contributed by atoms with Crippen molar-refractivity contribution in [2.24, 2.45) is 5.92 Å². The molecule has 17 heavy (non-hydrogen) atoms. The Labute approximate surface area is 109 Å². The van der Waals surface area contributed by atoms with Crippen molar-refractivity contribution in [1.82, 2.24) is 5.32 Å². The van der Waals surface area contributed by atoms with Gasteiger partial charge < -0.3 is 5.32 Å². The third kappa shape index (κ3) is 4.36. The van der Waals surface area contributed by atoms with Gasteiger partial charge in [0.2, 0.25) is 0 Å². The van der Waals surface area contributed by atoms with Gasteiger partial charge in [-0.1, -0.05) is 31.9 Å². The Balaban J connectivity index is 1.82. The molecule has 0 unspecified atom stereocenters. The van der Waals surface area contributed by atoms with E-state index in [4.69, 9.17) is 0 Å². The van der Waals surface area contributed by atoms with Gasteiger partial charge in [0, 0.05) is 17.2 Å². The predicted octanol–water partition coefficient (Wildman–Crippen LogP) is 4.08. The van der Waals surface area contributed by atoms with Crippen LogP contribution in [0.4, 0.5) is 0 Å². The number of benzene rings is 1. The van der Waals surface area contributed by atoms with Gasteiger partial charge in [0.25, 0.3) is 0 Å². The summed E-state index contributed by atoms with van der Waals surface area (Å²) in [5.74, 6) is 2.28. The van der Waals surface area contributed by atoms with Crippen LogP contribution in [0, 0.1) is 5.92 Å². The molecule has 0 atom stereocenters. The minimum absolute atomic E-state index is 0.970. The largest absolute Gasteiger partial charge is 0.313 e. The van der Waals surface area contributed by atoms with E-state index in [-0.39, 0.29) is 0 Å². The van der Waals surface area contributed by atoms with Crippen LogP contribution in [-0.2, 0) is 6.54 Å². The van der Waals surface area contributed by atoms with E-state index >= 15 is 0 Å². The molecule has 0 aliphatic heterocycles. The van der Waals surface area contributed by atoms with Gasteiger partial charge in [-0.25, -0.2) is 0 Å². The van der Waals surface area contributed by atoms with E-state index in [0.29, 0.717) is 0 Å². The van der Waals surface area contributed by atoms with E-state index in [1.54, 1.807) is 0 Å². The Kier molecular flexibility index (Phi) is 5.40. The highest BCUT2D eigenvalue weighted by molar-refractivity contribution is 7.99. The monoisotopic (exact) mass is 249 g/mol. The first kappa shape index (κ1) is 13.0. The van der Waals surface area contributed by atoms with Crippen LogP contribution < -0.4 is 5.32 Å². The van der Waals surface area contributed by atoms with Gasteiger partial charge in [-0.2, -0.15) is 0 Å². The summed E-state index contributed by atoms with van der Waals surface area (Å²) in [5, 5.41) is 3.38. The maximum Gasteiger partial charge on any atom is 0.0205 e. The summed E-state index contributed by atoms with van der Waals surface area (Å²) in [4.78, 5) is 1.44. The molecule has 0 spiro atoms. The zero-order valence-corrected chi connectivity index (χ0v) is 11.6. The Morgan fingerprint density at radius 2 is 2.12 bits per heavy atom. The second-order valence-electron chi connectivity index (χ2n) is 4.89. The Hall–Kier alpha value is -0.470. The minimum atomic E-state index is 0.970. The molecule has 94 valence electrons. The van der Waals surface area contributed by atoms with E-state index in [0.717, 1.165) is 19.0 Å². The molecule has 0 amide bonds. The minimum Gasteiger partial charge on any atom is -0.313 e. The average Bonchev–Trinajstić information content (AvgIpc) is 2.87. The molecule has 1 saturated carbocycles. The van der Waals surface area contributed by atoms with Crippen LogP contribution in [0.5, 0.6) is 0 Å². The van der Waals surface area contributed by atoms with Gasteiger partial charge in [0.1, 0.15) is 0 Å². The Morgan fingerprint density at radius 1 is 1.29 bits per heavy atom. The number of thioether (sulfide) groups is 1. The average molecular weight is 249 g/mol. The van der Waals surface area contributed by atoms with Gasteiger partial charge in [0.15, 0.2) is 0 Å². The van der Waals surface area contributed by atoms with Crippen molar-refractivity contribution in [3.05, 3.63) is 29.8 Å². The van der Waals surface area contributed by atoms with Crippen LogP contribution in [0.3, 0.4) is 0 Å². The molecule has 1 fully saturated rings. The molecule has 1 N–H and O–H groups in total. The lowest BCUT2D eigenvalue weighted by Crippen LogP contribution is -2.11. The molecule has 0 bridgehead atoms. The van der Waals surface area contributed by atoms with E-state index < -0.39 is 0 Å². The topological polar surface area (TPSA) is 12.0 Å². The SMILES string of the molecule is CCNCc1cccc(SCC2CCCC2)c1. The first-order valence-corrected chi connectivity index (χ1v) is 7.79. The molecule has 1 nitrogen and oxygen atoms in total. The van der Waals surface area contributed by atoms with Crippen molar-refractivity contribution in [1.29, 1.82) is 0 Å². The summed E-state index contributed by atoms with van der Waals surface area (Å²) >= 11 is 2.04. The zero-order chi connectivity index (χ0) is 11.9. The third-order valence-electron chi connectivity index (χ3n) is 3.44. The van der Waals surface area contributed by atoms with E-state index in [9.17, 15) is 0 Å². The number of hydrogen-bond donors (Lipinski definition) is 1. The normalized spacial score (nSPS) is 16.5. The molecule has 1 aliphatic carbocycles. The van der Waals surface area contributed by atoms with E-state index in [1.807, 2.05) is 11.8 Å². The quantitative estimate of drug-likeness (QED) is 0.762. The smallest absolute Gasteiger partial charge is 0.0205 e. The van der Waals surface area contributed by atoms with Gasteiger partial charge >= 0.3 is 0 Å². The van der Waals surface area contributed by atoms with Crippen LogP contribution in [0.1, 0.15) is 38.2 Å². The third-order valence-corrected chi connectivity index (χ3v) is 4.66. The van der Waals surface area contributed by atoms with Crippen molar-refractivity contribution in [3.8, 4) is 0 Å². The van der Waals surface area contributed by atoms with Crippen molar-refractivity contribution in [2.45, 2.75) is 44.0 Å². The predicted molar refractivity (Wildman–Crippen MR) is 76.5 cm³/mol. The summed E-state index contributed by atoms with van der Waals surface area (Å²) in [5.41, 5.74) is 1.41. The lowest BCUT2D eigenvalue weighted by molar-refractivity contribution is 0.623. The molecule has 0 radical (unpaired) electrons. The Bertz CT molecular complexity index is 331. The van der Waals surface area contributed by atoms with E-state index in [1.165, 1.54) is 41.9 Å². The molecule has 2 heteroatoms. The molecular weight excluding hydrogens is 226 g/mol. The van der Waals surface area contributed by atoms with Crippen molar-refractivity contribution in [2.75, 3.05) is 12.3 Å². The molecule has 1 aromatic rings. The molecule has 2 rings (SSSR count). The van der Waals surface area contributed by atoms with Gasteiger partial charge in [-0.05, 0) is 43.0 Å². The molecular formula is C15H23NS. The summed E-state index contributed by atoms with van der Waals surface area (Å²) in [7, 11) is 0. The van der Waals surface area contributed by atoms with Crippen LogP contribution in [0.15, 0.2) is 29.2 Å². The van der Waals surface area contributed by atoms with Crippen molar-refractivity contribution >= 4 is 11.8 Å². The first-order chi connectivity index (χ1) is 8.38. The van der Waals surface area contributed by atoms with Crippen LogP contribution in [-0.4, -0.2) is 12.3 Å². The highest BCUT2D eigenvalue weighted by Gasteiger charge is 2.14. The second kappa shape index (κ2) is 7.07. The summed E-state index contributed by atoms with van der Waals surface area (Å²) < 4.78 is 0. The highest BCUT2D eigenvalue weighted by Crippen LogP contribution is 2.31. The summed E-state index contributed by atoms with van der Waals surface area (Å²) in [6, 6.07) is 8.98. The number of nitrogens with one attached hydrogen (secondary N) is 1. The van der Waals surface area contributed by atoms with Crippen LogP contribution >= 0.6 is 11.8 Å². The zero-order valence-electron chi connectivity index (χ0n) is 10.7. The fraction of sp³-hybridized carbons (Fsp3) is 0.600. The summed E-state index contributed by atoms with van der Waals surface area (Å²) in [6.07, 6.45) is 5.80. The van der Waals surface area contributed by atoms with Crippen LogP contribution in [0.2, 0.25) is 0 Å². The lowest BCUT2D eigenvalue weighted by atomic mass is 10.1. The van der Waals surface area contributed by atoms with Crippen molar-refractivity contribution < 1.29 is 0 Å². The lowest BCUT2D eigenvalue weighted by Gasteiger charge is -2.09. The standard InChI is InChI=1S/C15H23NS/c1-2-16-11-14-8-5-9-15(10-14)17-12-13-6-3-4-7-13/h5,8-10,13,16H,2-4,6-7,11-12H2,1H3. The molecule has 0 heterocycles. The maximum atomic E-state index is 3.38. The second-order valence-corrected chi connectivity index (χ2v) is 5.98. The molecule has 0 saturated heterocycles. The maximum absolute atomic E-state index is 3.38. The first-order valence-electron chi connectivity index (χ1n) is 6.81. The molecule has 0 aromatic heterocycles. The molecule has 1 aliphatic rings. The highest BCUT2D eigenvalue weighted by atomic mass is 32.2. The molecule has 1 aromatic carbocycles. The van der Waals surface area contributed by atoms with Crippen molar-refractivity contribution in [3.63, 3.8) is 0 Å². The van der Waals surface area contributed by atoms with Crippen LogP contribution in [0.25, 0.3) is 0 Å². The van der Waals surface area contributed by atoms with Gasteiger partial charge in [-0.15, -0.1) is 11.8 Å². The van der Waals surface area contributed by atoms with Gasteiger partial charge in [0.05, 0.1) is 0 Å². The fourth-order valence-electron chi connectivity index (χ4n) is 2.41. The summed E-state index contributed by atoms with van der Waals surface area (Å²) in [6.45, 7) is 4.19. The number of hydrogen-bond acceptors (Lipinski definition) is 2. The number of rotatable bonds is 6. The van der Waals surface area contributed by atoms with E-state index in [2.05, 4.69) is 36.5 Å². The fourth-order valence-corrected chi connectivity index (χ4v) is 3.58. The van der Waals surface area contributed by atoms with Gasteiger partial charge in [-0.3, -0.25) is 0 Å². The Morgan fingerprint density at radius 3 is 2.88 bits per heavy atom.